The zero-order valence-corrected chi connectivity index (χ0v) is 11.0. The van der Waals surface area contributed by atoms with Gasteiger partial charge in [0.25, 0.3) is 0 Å². The SMILES string of the molecule is CN(Cc1ccccc1F)S(=O)(=O)C1CCOC1. The molecule has 1 aliphatic heterocycles. The maximum absolute atomic E-state index is 13.5. The van der Waals surface area contributed by atoms with Crippen LogP contribution in [0.1, 0.15) is 12.0 Å². The summed E-state index contributed by atoms with van der Waals surface area (Å²) in [6.07, 6.45) is 0.504. The molecule has 0 amide bonds. The van der Waals surface area contributed by atoms with Crippen LogP contribution < -0.4 is 0 Å². The van der Waals surface area contributed by atoms with Crippen molar-refractivity contribution in [3.63, 3.8) is 0 Å². The fraction of sp³-hybridized carbons (Fsp3) is 0.500. The summed E-state index contributed by atoms with van der Waals surface area (Å²) in [6.45, 7) is 0.743. The molecule has 0 bridgehead atoms. The van der Waals surface area contributed by atoms with E-state index in [9.17, 15) is 12.8 Å². The van der Waals surface area contributed by atoms with Crippen molar-refractivity contribution < 1.29 is 17.5 Å². The lowest BCUT2D eigenvalue weighted by molar-refractivity contribution is 0.198. The fourth-order valence-electron chi connectivity index (χ4n) is 1.96. The fourth-order valence-corrected chi connectivity index (χ4v) is 3.45. The molecule has 6 heteroatoms. The third-order valence-corrected chi connectivity index (χ3v) is 5.31. The second-order valence-electron chi connectivity index (χ2n) is 4.38. The van der Waals surface area contributed by atoms with E-state index in [0.717, 1.165) is 0 Å². The van der Waals surface area contributed by atoms with Crippen molar-refractivity contribution in [2.24, 2.45) is 0 Å². The normalized spacial score (nSPS) is 20.5. The molecule has 0 spiro atoms. The second-order valence-corrected chi connectivity index (χ2v) is 6.70. The van der Waals surface area contributed by atoms with Crippen LogP contribution in [0.5, 0.6) is 0 Å². The van der Waals surface area contributed by atoms with E-state index in [-0.39, 0.29) is 19.0 Å². The first-order chi connectivity index (χ1) is 8.51. The summed E-state index contributed by atoms with van der Waals surface area (Å²) < 4.78 is 44.1. The van der Waals surface area contributed by atoms with Crippen LogP contribution in [0.4, 0.5) is 4.39 Å². The minimum absolute atomic E-state index is 0.0471. The van der Waals surface area contributed by atoms with Crippen LogP contribution in [0.3, 0.4) is 0 Å². The Morgan fingerprint density at radius 1 is 1.44 bits per heavy atom. The van der Waals surface area contributed by atoms with E-state index >= 15 is 0 Å². The topological polar surface area (TPSA) is 46.6 Å². The first-order valence-electron chi connectivity index (χ1n) is 5.78. The van der Waals surface area contributed by atoms with Crippen LogP contribution in [-0.2, 0) is 21.3 Å². The van der Waals surface area contributed by atoms with Gasteiger partial charge in [-0.25, -0.2) is 17.1 Å². The van der Waals surface area contributed by atoms with Gasteiger partial charge in [0, 0.05) is 25.8 Å². The molecule has 0 radical (unpaired) electrons. The summed E-state index contributed by atoms with van der Waals surface area (Å²) in [5, 5.41) is -0.505. The Bertz CT molecular complexity index is 512. The number of halogens is 1. The van der Waals surface area contributed by atoms with E-state index in [1.165, 1.54) is 17.4 Å². The molecule has 1 aromatic carbocycles. The predicted molar refractivity (Wildman–Crippen MR) is 66.0 cm³/mol. The highest BCUT2D eigenvalue weighted by Gasteiger charge is 2.33. The van der Waals surface area contributed by atoms with Gasteiger partial charge in [-0.15, -0.1) is 0 Å². The maximum atomic E-state index is 13.5. The van der Waals surface area contributed by atoms with Crippen LogP contribution in [0.15, 0.2) is 24.3 Å². The van der Waals surface area contributed by atoms with Crippen molar-refractivity contribution in [3.8, 4) is 0 Å². The van der Waals surface area contributed by atoms with Gasteiger partial charge in [-0.2, -0.15) is 0 Å². The summed E-state index contributed by atoms with van der Waals surface area (Å²) in [7, 11) is -1.94. The van der Waals surface area contributed by atoms with Gasteiger partial charge in [0.05, 0.1) is 6.61 Å². The molecule has 1 unspecified atom stereocenters. The molecular formula is C12H16FNO3S. The summed E-state index contributed by atoms with van der Waals surface area (Å²) in [5.74, 6) is -0.387. The van der Waals surface area contributed by atoms with Crippen molar-refractivity contribution in [1.82, 2.24) is 4.31 Å². The molecule has 1 aliphatic rings. The van der Waals surface area contributed by atoms with Crippen LogP contribution in [-0.4, -0.2) is 38.2 Å². The van der Waals surface area contributed by atoms with Crippen molar-refractivity contribution in [2.45, 2.75) is 18.2 Å². The van der Waals surface area contributed by atoms with E-state index in [1.54, 1.807) is 18.2 Å². The lowest BCUT2D eigenvalue weighted by Crippen LogP contribution is -2.36. The summed E-state index contributed by atoms with van der Waals surface area (Å²) in [4.78, 5) is 0. The lowest BCUT2D eigenvalue weighted by atomic mass is 10.2. The zero-order chi connectivity index (χ0) is 13.2. The van der Waals surface area contributed by atoms with E-state index in [4.69, 9.17) is 4.74 Å². The smallest absolute Gasteiger partial charge is 0.219 e. The van der Waals surface area contributed by atoms with Crippen molar-refractivity contribution in [1.29, 1.82) is 0 Å². The molecule has 1 atom stereocenters. The Morgan fingerprint density at radius 2 is 2.17 bits per heavy atom. The predicted octanol–water partition coefficient (Wildman–Crippen LogP) is 1.38. The number of hydrogen-bond acceptors (Lipinski definition) is 3. The molecule has 2 rings (SSSR count). The van der Waals surface area contributed by atoms with E-state index < -0.39 is 15.3 Å². The minimum atomic E-state index is -3.41. The van der Waals surface area contributed by atoms with Crippen molar-refractivity contribution in [3.05, 3.63) is 35.6 Å². The molecule has 1 saturated heterocycles. The van der Waals surface area contributed by atoms with Gasteiger partial charge < -0.3 is 4.74 Å². The third-order valence-electron chi connectivity index (χ3n) is 3.09. The van der Waals surface area contributed by atoms with Crippen LogP contribution in [0, 0.1) is 5.82 Å². The first kappa shape index (κ1) is 13.5. The Morgan fingerprint density at radius 3 is 2.78 bits per heavy atom. The van der Waals surface area contributed by atoms with Crippen LogP contribution >= 0.6 is 0 Å². The Hall–Kier alpha value is -0.980. The Kier molecular flexibility index (Phi) is 3.99. The monoisotopic (exact) mass is 273 g/mol. The van der Waals surface area contributed by atoms with Crippen molar-refractivity contribution >= 4 is 10.0 Å². The van der Waals surface area contributed by atoms with Gasteiger partial charge >= 0.3 is 0 Å². The molecule has 0 saturated carbocycles. The highest BCUT2D eigenvalue weighted by atomic mass is 32.2. The molecular weight excluding hydrogens is 257 g/mol. The molecule has 18 heavy (non-hydrogen) atoms. The van der Waals surface area contributed by atoms with Gasteiger partial charge in [-0.3, -0.25) is 0 Å². The van der Waals surface area contributed by atoms with Crippen molar-refractivity contribution in [2.75, 3.05) is 20.3 Å². The zero-order valence-electron chi connectivity index (χ0n) is 10.2. The largest absolute Gasteiger partial charge is 0.380 e. The number of ether oxygens (including phenoxy) is 1. The van der Waals surface area contributed by atoms with Crippen LogP contribution in [0.2, 0.25) is 0 Å². The molecule has 1 fully saturated rings. The maximum Gasteiger partial charge on any atom is 0.219 e. The molecule has 0 N–H and O–H groups in total. The first-order valence-corrected chi connectivity index (χ1v) is 7.28. The summed E-state index contributed by atoms with van der Waals surface area (Å²) in [6, 6.07) is 6.19. The second kappa shape index (κ2) is 5.34. The van der Waals surface area contributed by atoms with Gasteiger partial charge in [0.2, 0.25) is 10.0 Å². The van der Waals surface area contributed by atoms with E-state index in [0.29, 0.717) is 18.6 Å². The molecule has 100 valence electrons. The summed E-state index contributed by atoms with van der Waals surface area (Å²) in [5.41, 5.74) is 0.377. The van der Waals surface area contributed by atoms with Gasteiger partial charge in [-0.05, 0) is 12.5 Å². The highest BCUT2D eigenvalue weighted by molar-refractivity contribution is 7.89. The highest BCUT2D eigenvalue weighted by Crippen LogP contribution is 2.19. The Balaban J connectivity index is 2.12. The molecule has 0 aliphatic carbocycles. The lowest BCUT2D eigenvalue weighted by Gasteiger charge is -2.20. The van der Waals surface area contributed by atoms with E-state index in [1.807, 2.05) is 0 Å². The molecule has 1 heterocycles. The van der Waals surface area contributed by atoms with Gasteiger partial charge in [-0.1, -0.05) is 18.2 Å². The van der Waals surface area contributed by atoms with E-state index in [2.05, 4.69) is 0 Å². The van der Waals surface area contributed by atoms with Gasteiger partial charge in [0.15, 0.2) is 0 Å². The average Bonchev–Trinajstić information content (AvgIpc) is 2.86. The summed E-state index contributed by atoms with van der Waals surface area (Å²) >= 11 is 0. The molecule has 0 aromatic heterocycles. The quantitative estimate of drug-likeness (QED) is 0.832. The number of hydrogen-bond donors (Lipinski definition) is 0. The van der Waals surface area contributed by atoms with Crippen LogP contribution in [0.25, 0.3) is 0 Å². The number of nitrogens with zero attached hydrogens (tertiary/aromatic N) is 1. The third kappa shape index (κ3) is 2.71. The minimum Gasteiger partial charge on any atom is -0.380 e. The molecule has 4 nitrogen and oxygen atoms in total. The standard InChI is InChI=1S/C12H16FNO3S/c1-14(8-10-4-2-3-5-12(10)13)18(15,16)11-6-7-17-9-11/h2-5,11H,6-9H2,1H3. The average molecular weight is 273 g/mol. The number of benzene rings is 1. The van der Waals surface area contributed by atoms with Gasteiger partial charge in [0.1, 0.15) is 11.1 Å². The Labute approximate surface area is 106 Å². The molecule has 1 aromatic rings. The number of rotatable bonds is 4. The number of sulfonamides is 1.